The summed E-state index contributed by atoms with van der Waals surface area (Å²) in [6.07, 6.45) is 3.29. The summed E-state index contributed by atoms with van der Waals surface area (Å²) < 4.78 is 5.26. The van der Waals surface area contributed by atoms with Crippen molar-refractivity contribution in [3.05, 3.63) is 65.7 Å². The number of benzene rings is 2. The van der Waals surface area contributed by atoms with Gasteiger partial charge in [-0.25, -0.2) is 0 Å². The van der Waals surface area contributed by atoms with Gasteiger partial charge >= 0.3 is 0 Å². The molecular formula is C27H37N3O4. The van der Waals surface area contributed by atoms with E-state index >= 15 is 0 Å². The molecule has 0 radical (unpaired) electrons. The number of amides is 2. The Kier molecular flexibility index (Phi) is 10.4. The third kappa shape index (κ3) is 8.47. The first-order chi connectivity index (χ1) is 16.5. The highest BCUT2D eigenvalue weighted by molar-refractivity contribution is 5.84. The molecule has 0 unspecified atom stereocenters. The highest BCUT2D eigenvalue weighted by atomic mass is 16.5. The lowest BCUT2D eigenvalue weighted by Crippen LogP contribution is -2.48. The van der Waals surface area contributed by atoms with Crippen molar-refractivity contribution in [2.24, 2.45) is 0 Å². The molecule has 1 saturated heterocycles. The van der Waals surface area contributed by atoms with E-state index in [1.54, 1.807) is 7.11 Å². The van der Waals surface area contributed by atoms with E-state index in [0.29, 0.717) is 19.5 Å². The van der Waals surface area contributed by atoms with Crippen LogP contribution in [-0.2, 0) is 22.6 Å². The quantitative estimate of drug-likeness (QED) is 0.447. The molecule has 1 aliphatic rings. The summed E-state index contributed by atoms with van der Waals surface area (Å²) in [5, 5.41) is 17.1. The predicted molar refractivity (Wildman–Crippen MR) is 132 cm³/mol. The summed E-state index contributed by atoms with van der Waals surface area (Å²) >= 11 is 0. The van der Waals surface area contributed by atoms with Crippen LogP contribution >= 0.6 is 0 Å². The fourth-order valence-electron chi connectivity index (χ4n) is 4.24. The molecule has 0 aromatic heterocycles. The van der Waals surface area contributed by atoms with Gasteiger partial charge < -0.3 is 25.4 Å². The van der Waals surface area contributed by atoms with Crippen molar-refractivity contribution in [2.75, 3.05) is 26.7 Å². The van der Waals surface area contributed by atoms with Crippen LogP contribution in [0.4, 0.5) is 0 Å². The van der Waals surface area contributed by atoms with E-state index in [0.717, 1.165) is 49.2 Å². The van der Waals surface area contributed by atoms with Gasteiger partial charge in [0.05, 0.1) is 19.3 Å². The molecular weight excluding hydrogens is 430 g/mol. The fourth-order valence-corrected chi connectivity index (χ4v) is 4.24. The van der Waals surface area contributed by atoms with Crippen LogP contribution in [0.25, 0.3) is 0 Å². The van der Waals surface area contributed by atoms with Gasteiger partial charge in [-0.3, -0.25) is 9.59 Å². The first-order valence-corrected chi connectivity index (χ1v) is 12.2. The fraction of sp³-hybridized carbons (Fsp3) is 0.481. The van der Waals surface area contributed by atoms with Crippen LogP contribution in [-0.4, -0.2) is 60.7 Å². The Morgan fingerprint density at radius 3 is 2.47 bits per heavy atom. The Morgan fingerprint density at radius 2 is 1.74 bits per heavy atom. The lowest BCUT2D eigenvalue weighted by Gasteiger charge is -2.27. The monoisotopic (exact) mass is 467 g/mol. The Labute approximate surface area is 202 Å². The third-order valence-electron chi connectivity index (χ3n) is 6.20. The zero-order valence-electron chi connectivity index (χ0n) is 20.0. The van der Waals surface area contributed by atoms with Crippen molar-refractivity contribution in [1.29, 1.82) is 0 Å². The minimum atomic E-state index is -0.785. The summed E-state index contributed by atoms with van der Waals surface area (Å²) in [6, 6.07) is 17.1. The zero-order chi connectivity index (χ0) is 24.2. The molecule has 1 fully saturated rings. The molecule has 2 aromatic carbocycles. The van der Waals surface area contributed by atoms with Crippen LogP contribution < -0.4 is 15.4 Å². The number of ether oxygens (including phenoxy) is 1. The van der Waals surface area contributed by atoms with Gasteiger partial charge in [0.2, 0.25) is 11.8 Å². The van der Waals surface area contributed by atoms with Crippen molar-refractivity contribution < 1.29 is 19.4 Å². The second-order valence-corrected chi connectivity index (χ2v) is 8.85. The number of aliphatic hydroxyl groups excluding tert-OH is 1. The molecule has 0 bridgehead atoms. The van der Waals surface area contributed by atoms with Crippen molar-refractivity contribution in [2.45, 2.75) is 57.2 Å². The molecule has 34 heavy (non-hydrogen) atoms. The molecule has 2 atom stereocenters. The van der Waals surface area contributed by atoms with Gasteiger partial charge in [0.15, 0.2) is 0 Å². The van der Waals surface area contributed by atoms with Crippen LogP contribution in [0.5, 0.6) is 5.75 Å². The van der Waals surface area contributed by atoms with Gasteiger partial charge in [-0.2, -0.15) is 0 Å². The van der Waals surface area contributed by atoms with E-state index in [9.17, 15) is 14.7 Å². The number of carbonyl (C=O) groups excluding carboxylic acids is 2. The van der Waals surface area contributed by atoms with E-state index in [2.05, 4.69) is 10.6 Å². The second-order valence-electron chi connectivity index (χ2n) is 8.85. The number of aliphatic hydroxyl groups is 1. The van der Waals surface area contributed by atoms with Crippen molar-refractivity contribution in [3.8, 4) is 5.75 Å². The molecule has 2 amide bonds. The second kappa shape index (κ2) is 13.7. The average Bonchev–Trinajstić information content (AvgIpc) is 2.88. The van der Waals surface area contributed by atoms with Gasteiger partial charge in [-0.1, -0.05) is 42.5 Å². The summed E-state index contributed by atoms with van der Waals surface area (Å²) in [5.74, 6) is 0.612. The van der Waals surface area contributed by atoms with Crippen LogP contribution in [0, 0.1) is 0 Å². The molecule has 3 rings (SSSR count). The van der Waals surface area contributed by atoms with Gasteiger partial charge in [0.1, 0.15) is 5.75 Å². The number of methoxy groups -OCH3 is 1. The Hall–Kier alpha value is -2.90. The Bertz CT molecular complexity index is 900. The molecule has 0 saturated carbocycles. The average molecular weight is 468 g/mol. The smallest absolute Gasteiger partial charge is 0.223 e. The minimum Gasteiger partial charge on any atom is -0.497 e. The Balaban J connectivity index is 1.52. The lowest BCUT2D eigenvalue weighted by atomic mass is 10.0. The van der Waals surface area contributed by atoms with Crippen molar-refractivity contribution in [3.63, 3.8) is 0 Å². The number of hydrogen-bond acceptors (Lipinski definition) is 5. The normalized spacial score (nSPS) is 15.4. The maximum atomic E-state index is 12.7. The third-order valence-corrected chi connectivity index (χ3v) is 6.20. The van der Waals surface area contributed by atoms with Crippen molar-refractivity contribution in [1.82, 2.24) is 15.5 Å². The summed E-state index contributed by atoms with van der Waals surface area (Å²) in [6.45, 7) is 2.47. The number of nitrogens with zero attached hydrogens (tertiary/aromatic N) is 1. The topological polar surface area (TPSA) is 90.9 Å². The standard InChI is InChI=1S/C27H37N3O4/c1-34-23-12-8-11-22(17-23)19-28-20-25(31)24(18-21-9-4-2-5-10-21)29-26(32)13-14-27(33)30-15-6-3-7-16-30/h2,4-5,8-12,17,24-25,28,31H,3,6-7,13-16,18-20H2,1H3,(H,29,32)/t24-,25-/m0/s1. The molecule has 7 nitrogen and oxygen atoms in total. The van der Waals surface area contributed by atoms with E-state index < -0.39 is 12.1 Å². The van der Waals surface area contributed by atoms with E-state index in [4.69, 9.17) is 4.74 Å². The maximum Gasteiger partial charge on any atom is 0.223 e. The number of piperidine rings is 1. The highest BCUT2D eigenvalue weighted by Crippen LogP contribution is 2.13. The van der Waals surface area contributed by atoms with Crippen LogP contribution in [0.1, 0.15) is 43.2 Å². The molecule has 7 heteroatoms. The van der Waals surface area contributed by atoms with Crippen LogP contribution in [0.15, 0.2) is 54.6 Å². The van der Waals surface area contributed by atoms with Crippen molar-refractivity contribution >= 4 is 11.8 Å². The van der Waals surface area contributed by atoms with E-state index in [1.807, 2.05) is 59.5 Å². The van der Waals surface area contributed by atoms with Gasteiger partial charge in [-0.15, -0.1) is 0 Å². The molecule has 3 N–H and O–H groups in total. The maximum absolute atomic E-state index is 12.7. The summed E-state index contributed by atoms with van der Waals surface area (Å²) in [5.41, 5.74) is 2.08. The predicted octanol–water partition coefficient (Wildman–Crippen LogP) is 2.67. The highest BCUT2D eigenvalue weighted by Gasteiger charge is 2.23. The van der Waals surface area contributed by atoms with Crippen LogP contribution in [0.2, 0.25) is 0 Å². The molecule has 2 aromatic rings. The van der Waals surface area contributed by atoms with Gasteiger partial charge in [-0.05, 0) is 48.9 Å². The number of carbonyl (C=O) groups is 2. The zero-order valence-corrected chi connectivity index (χ0v) is 20.0. The van der Waals surface area contributed by atoms with Crippen LogP contribution in [0.3, 0.4) is 0 Å². The summed E-state index contributed by atoms with van der Waals surface area (Å²) in [4.78, 5) is 26.9. The first kappa shape index (κ1) is 25.7. The Morgan fingerprint density at radius 1 is 1.00 bits per heavy atom. The van der Waals surface area contributed by atoms with E-state index in [1.165, 1.54) is 0 Å². The van der Waals surface area contributed by atoms with Gasteiger partial charge in [0, 0.05) is 39.0 Å². The molecule has 0 aliphatic carbocycles. The largest absolute Gasteiger partial charge is 0.497 e. The molecule has 184 valence electrons. The molecule has 1 heterocycles. The first-order valence-electron chi connectivity index (χ1n) is 12.2. The molecule has 1 aliphatic heterocycles. The lowest BCUT2D eigenvalue weighted by molar-refractivity contribution is -0.134. The number of likely N-dealkylation sites (tertiary alicyclic amines) is 1. The minimum absolute atomic E-state index is 0.0370. The molecule has 0 spiro atoms. The van der Waals surface area contributed by atoms with E-state index in [-0.39, 0.29) is 24.7 Å². The summed E-state index contributed by atoms with van der Waals surface area (Å²) in [7, 11) is 1.63. The number of nitrogens with one attached hydrogen (secondary N) is 2. The number of rotatable bonds is 12. The SMILES string of the molecule is COc1cccc(CNC[C@H](O)[C@H](Cc2ccccc2)NC(=O)CCC(=O)N2CCCCC2)c1. The van der Waals surface area contributed by atoms with Gasteiger partial charge in [0.25, 0.3) is 0 Å². The number of hydrogen-bond donors (Lipinski definition) is 3.